The number of aliphatic carboxylic acids is 1. The van der Waals surface area contributed by atoms with Crippen LogP contribution in [0.4, 0.5) is 5.69 Å². The number of carbonyl (C=O) groups is 1. The highest BCUT2D eigenvalue weighted by atomic mass is 16.4. The molecule has 8 heteroatoms. The van der Waals surface area contributed by atoms with E-state index in [4.69, 9.17) is 16.7 Å². The summed E-state index contributed by atoms with van der Waals surface area (Å²) in [5.41, 5.74) is 10.2. The van der Waals surface area contributed by atoms with Crippen LogP contribution >= 0.6 is 0 Å². The number of pyridine rings is 2. The van der Waals surface area contributed by atoms with Gasteiger partial charge in [-0.05, 0) is 42.0 Å². The highest BCUT2D eigenvalue weighted by Gasteiger charge is 2.11. The lowest BCUT2D eigenvalue weighted by molar-refractivity contribution is -0.136. The zero-order valence-electron chi connectivity index (χ0n) is 17.1. The van der Waals surface area contributed by atoms with Crippen LogP contribution < -0.4 is 16.6 Å². The molecule has 0 aliphatic carbocycles. The van der Waals surface area contributed by atoms with Crippen LogP contribution in [-0.4, -0.2) is 32.5 Å². The fourth-order valence-corrected chi connectivity index (χ4v) is 3.12. The summed E-state index contributed by atoms with van der Waals surface area (Å²) in [6.07, 6.45) is 5.17. The Bertz CT molecular complexity index is 952. The predicted molar refractivity (Wildman–Crippen MR) is 119 cm³/mol. The quantitative estimate of drug-likeness (QED) is 0.339. The first kappa shape index (κ1) is 21.9. The van der Waals surface area contributed by atoms with Gasteiger partial charge in [0.1, 0.15) is 0 Å². The van der Waals surface area contributed by atoms with Gasteiger partial charge in [0.15, 0.2) is 0 Å². The molecule has 0 aliphatic heterocycles. The predicted octanol–water partition coefficient (Wildman–Crippen LogP) is 2.29. The zero-order chi connectivity index (χ0) is 22.1. The van der Waals surface area contributed by atoms with Gasteiger partial charge in [-0.2, -0.15) is 0 Å². The minimum Gasteiger partial charge on any atom is -0.481 e. The molecule has 0 fully saturated rings. The summed E-state index contributed by atoms with van der Waals surface area (Å²) >= 11 is 0. The van der Waals surface area contributed by atoms with Crippen LogP contribution in [-0.2, 0) is 24.3 Å². The first-order valence-electron chi connectivity index (χ1n) is 9.82. The lowest BCUT2D eigenvalue weighted by Crippen LogP contribution is -2.31. The molecular weight excluding hydrogens is 392 g/mol. The molecule has 0 spiro atoms. The summed E-state index contributed by atoms with van der Waals surface area (Å²) in [6, 6.07) is 18.6. The summed E-state index contributed by atoms with van der Waals surface area (Å²) in [5.74, 6) is 5.27. The van der Waals surface area contributed by atoms with Crippen LogP contribution in [0.15, 0.2) is 85.0 Å². The van der Waals surface area contributed by atoms with Crippen LogP contribution in [0.2, 0.25) is 0 Å². The number of hydrazine groups is 1. The maximum atomic E-state index is 10.8. The van der Waals surface area contributed by atoms with Crippen LogP contribution in [0.1, 0.15) is 17.0 Å². The van der Waals surface area contributed by atoms with Crippen molar-refractivity contribution in [3.05, 3.63) is 102 Å². The zero-order valence-corrected chi connectivity index (χ0v) is 17.1. The van der Waals surface area contributed by atoms with Crippen molar-refractivity contribution in [2.45, 2.75) is 19.5 Å². The summed E-state index contributed by atoms with van der Waals surface area (Å²) in [5, 5.41) is 10.3. The Balaban J connectivity index is 1.69. The highest BCUT2D eigenvalue weighted by molar-refractivity contribution is 5.70. The molecule has 3 aromatic rings. The van der Waals surface area contributed by atoms with Gasteiger partial charge in [0.25, 0.3) is 0 Å². The number of carboxylic acid groups (broad SMARTS) is 1. The molecule has 5 N–H and O–H groups in total. The van der Waals surface area contributed by atoms with Gasteiger partial charge in [0.2, 0.25) is 0 Å². The van der Waals surface area contributed by atoms with Crippen LogP contribution in [0.3, 0.4) is 0 Å². The highest BCUT2D eigenvalue weighted by Crippen LogP contribution is 2.15. The van der Waals surface area contributed by atoms with Crippen molar-refractivity contribution in [1.82, 2.24) is 14.9 Å². The molecule has 2 aromatic heterocycles. The van der Waals surface area contributed by atoms with Gasteiger partial charge in [0, 0.05) is 43.9 Å². The minimum absolute atomic E-state index is 0.0289. The minimum atomic E-state index is -0.873. The second kappa shape index (κ2) is 10.9. The topological polar surface area (TPSA) is 122 Å². The number of hydrogen-bond donors (Lipinski definition) is 3. The Kier molecular flexibility index (Phi) is 7.69. The van der Waals surface area contributed by atoms with Gasteiger partial charge in [-0.3, -0.25) is 24.7 Å². The standard InChI is InChI=1S/C23H26N6O2/c24-19(15-29(25)22-9-7-18(8-10-22)13-23(30)31)14-28(16-20-5-1-3-11-26-20)17-21-6-2-4-12-27-21/h1-12,15H,13-14,16-17,24-25H2,(H,30,31)/b19-15-. The molecule has 0 bridgehead atoms. The summed E-state index contributed by atoms with van der Waals surface area (Å²) < 4.78 is 0. The van der Waals surface area contributed by atoms with Crippen molar-refractivity contribution in [2.24, 2.45) is 11.6 Å². The van der Waals surface area contributed by atoms with E-state index in [0.717, 1.165) is 11.4 Å². The van der Waals surface area contributed by atoms with Crippen molar-refractivity contribution in [3.63, 3.8) is 0 Å². The second-order valence-corrected chi connectivity index (χ2v) is 7.14. The Morgan fingerprint density at radius 1 is 0.935 bits per heavy atom. The largest absolute Gasteiger partial charge is 0.481 e. The molecule has 3 rings (SSSR count). The number of benzene rings is 1. The third-order valence-electron chi connectivity index (χ3n) is 4.52. The molecule has 0 saturated carbocycles. The number of hydrogen-bond acceptors (Lipinski definition) is 7. The Labute approximate surface area is 181 Å². The van der Waals surface area contributed by atoms with E-state index in [9.17, 15) is 4.79 Å². The molecule has 8 nitrogen and oxygen atoms in total. The van der Waals surface area contributed by atoms with Gasteiger partial charge < -0.3 is 10.8 Å². The SMILES string of the molecule is N/C(=C\N(N)c1ccc(CC(=O)O)cc1)CN(Cc1ccccn1)Cc1ccccn1. The maximum absolute atomic E-state index is 10.8. The van der Waals surface area contributed by atoms with E-state index in [0.29, 0.717) is 36.6 Å². The average Bonchev–Trinajstić information content (AvgIpc) is 2.75. The molecule has 31 heavy (non-hydrogen) atoms. The number of carboxylic acids is 1. The monoisotopic (exact) mass is 418 g/mol. The molecule has 0 saturated heterocycles. The lowest BCUT2D eigenvalue weighted by Gasteiger charge is -2.23. The molecule has 0 unspecified atom stereocenters. The molecule has 0 radical (unpaired) electrons. The normalized spacial score (nSPS) is 11.5. The van der Waals surface area contributed by atoms with Crippen molar-refractivity contribution in [3.8, 4) is 0 Å². The summed E-state index contributed by atoms with van der Waals surface area (Å²) in [6.45, 7) is 1.69. The third kappa shape index (κ3) is 7.22. The van der Waals surface area contributed by atoms with Crippen molar-refractivity contribution in [2.75, 3.05) is 11.6 Å². The average molecular weight is 419 g/mol. The van der Waals surface area contributed by atoms with E-state index in [2.05, 4.69) is 14.9 Å². The first-order valence-corrected chi connectivity index (χ1v) is 9.82. The van der Waals surface area contributed by atoms with Gasteiger partial charge >= 0.3 is 5.97 Å². The molecular formula is C23H26N6O2. The van der Waals surface area contributed by atoms with E-state index in [-0.39, 0.29) is 6.42 Å². The summed E-state index contributed by atoms with van der Waals surface area (Å²) in [7, 11) is 0. The molecule has 0 amide bonds. The van der Waals surface area contributed by atoms with Gasteiger partial charge in [-0.25, -0.2) is 5.84 Å². The Morgan fingerprint density at radius 3 is 2.00 bits per heavy atom. The van der Waals surface area contributed by atoms with Crippen LogP contribution in [0.25, 0.3) is 0 Å². The molecule has 2 heterocycles. The van der Waals surface area contributed by atoms with E-state index < -0.39 is 5.97 Å². The molecule has 160 valence electrons. The molecule has 0 atom stereocenters. The number of nitrogens with two attached hydrogens (primary N) is 2. The first-order chi connectivity index (χ1) is 15.0. The van der Waals surface area contributed by atoms with E-state index in [1.54, 1.807) is 42.9 Å². The van der Waals surface area contributed by atoms with Crippen molar-refractivity contribution >= 4 is 11.7 Å². The molecule has 1 aromatic carbocycles. The van der Waals surface area contributed by atoms with Gasteiger partial charge in [-0.15, -0.1) is 0 Å². The van der Waals surface area contributed by atoms with Crippen LogP contribution in [0.5, 0.6) is 0 Å². The fourth-order valence-electron chi connectivity index (χ4n) is 3.12. The van der Waals surface area contributed by atoms with Crippen molar-refractivity contribution in [1.29, 1.82) is 0 Å². The van der Waals surface area contributed by atoms with E-state index in [1.165, 1.54) is 5.01 Å². The van der Waals surface area contributed by atoms with Crippen LogP contribution in [0, 0.1) is 0 Å². The maximum Gasteiger partial charge on any atom is 0.307 e. The molecule has 0 aliphatic rings. The second-order valence-electron chi connectivity index (χ2n) is 7.14. The van der Waals surface area contributed by atoms with Gasteiger partial charge in [0.05, 0.1) is 23.5 Å². The number of rotatable bonds is 10. The summed E-state index contributed by atoms with van der Waals surface area (Å²) in [4.78, 5) is 21.8. The van der Waals surface area contributed by atoms with E-state index >= 15 is 0 Å². The number of nitrogens with zero attached hydrogens (tertiary/aromatic N) is 4. The lowest BCUT2D eigenvalue weighted by atomic mass is 10.1. The van der Waals surface area contributed by atoms with Gasteiger partial charge in [-0.1, -0.05) is 24.3 Å². The Hall–Kier alpha value is -3.75. The fraction of sp³-hybridized carbons (Fsp3) is 0.174. The van der Waals surface area contributed by atoms with Crippen molar-refractivity contribution < 1.29 is 9.90 Å². The Morgan fingerprint density at radius 2 is 1.52 bits per heavy atom. The number of anilines is 1. The third-order valence-corrected chi connectivity index (χ3v) is 4.52. The smallest absolute Gasteiger partial charge is 0.307 e. The van der Waals surface area contributed by atoms with E-state index in [1.807, 2.05) is 36.4 Å². The number of aromatic nitrogens is 2.